The van der Waals surface area contributed by atoms with Crippen molar-refractivity contribution in [1.82, 2.24) is 0 Å². The van der Waals surface area contributed by atoms with Gasteiger partial charge in [0.1, 0.15) is 19.3 Å². The number of carbonyl (C=O) groups excluding carboxylic acids is 4. The van der Waals surface area contributed by atoms with Crippen molar-refractivity contribution >= 4 is 39.5 Å². The molecule has 0 aliphatic heterocycles. The predicted molar refractivity (Wildman–Crippen MR) is 405 cm³/mol. The van der Waals surface area contributed by atoms with E-state index in [0.717, 1.165) is 115 Å². The minimum Gasteiger partial charge on any atom is -0.462 e. The molecule has 99 heavy (non-hydrogen) atoms. The summed E-state index contributed by atoms with van der Waals surface area (Å²) in [7, 11) is -9.91. The first-order valence-electron chi connectivity index (χ1n) is 41.5. The molecule has 0 bridgehead atoms. The number of hydrogen-bond acceptors (Lipinski definition) is 15. The second kappa shape index (κ2) is 71.7. The second-order valence-electron chi connectivity index (χ2n) is 29.8. The Kier molecular flexibility index (Phi) is 70.3. The number of aliphatic hydroxyl groups excluding tert-OH is 1. The van der Waals surface area contributed by atoms with Crippen molar-refractivity contribution in [2.75, 3.05) is 39.6 Å². The smallest absolute Gasteiger partial charge is 0.462 e. The Hall–Kier alpha value is -1.94. The van der Waals surface area contributed by atoms with E-state index in [2.05, 4.69) is 41.5 Å². The van der Waals surface area contributed by atoms with Crippen LogP contribution in [0, 0.1) is 11.8 Å². The lowest BCUT2D eigenvalue weighted by molar-refractivity contribution is -0.161. The minimum absolute atomic E-state index is 0.107. The molecule has 0 rings (SSSR count). The number of rotatable bonds is 79. The monoisotopic (exact) mass is 1450 g/mol. The number of phosphoric acid groups is 2. The Bertz CT molecular complexity index is 1910. The SMILES string of the molecule is CCCCCCCCCCCCCCC(=O)O[C@H](COC(=O)CCCCCCCCC)COP(=O)(O)OC[C@H](O)COP(=O)(O)OC[C@@H](COC(=O)CCCCCCCCCCCCCCCCCCC(C)C)OC(=O)CCCCCCCCCCCCCCCCCCCCC(C)C. The zero-order valence-corrected chi connectivity index (χ0v) is 66.6. The van der Waals surface area contributed by atoms with Crippen LogP contribution in [0.5, 0.6) is 0 Å². The van der Waals surface area contributed by atoms with Gasteiger partial charge >= 0.3 is 39.5 Å². The van der Waals surface area contributed by atoms with Crippen LogP contribution in [0.4, 0.5) is 0 Å². The molecule has 0 aromatic rings. The Balaban J connectivity index is 5.16. The van der Waals surface area contributed by atoms with Gasteiger partial charge in [0.05, 0.1) is 26.4 Å². The fourth-order valence-corrected chi connectivity index (χ4v) is 13.9. The van der Waals surface area contributed by atoms with Crippen LogP contribution in [0.25, 0.3) is 0 Å². The molecule has 0 saturated carbocycles. The van der Waals surface area contributed by atoms with Crippen LogP contribution in [-0.4, -0.2) is 96.7 Å². The zero-order valence-electron chi connectivity index (χ0n) is 64.8. The number of esters is 4. The number of carbonyl (C=O) groups is 4. The zero-order chi connectivity index (χ0) is 72.8. The maximum absolute atomic E-state index is 13.1. The van der Waals surface area contributed by atoms with Crippen LogP contribution in [0.3, 0.4) is 0 Å². The molecule has 0 heterocycles. The van der Waals surface area contributed by atoms with Crippen molar-refractivity contribution in [3.8, 4) is 0 Å². The van der Waals surface area contributed by atoms with Crippen LogP contribution in [-0.2, 0) is 65.4 Å². The molecule has 0 saturated heterocycles. The average Bonchev–Trinajstić information content (AvgIpc) is 1.00. The van der Waals surface area contributed by atoms with E-state index in [0.29, 0.717) is 25.7 Å². The van der Waals surface area contributed by atoms with Crippen molar-refractivity contribution in [1.29, 1.82) is 0 Å². The van der Waals surface area contributed by atoms with Crippen LogP contribution in [0.1, 0.15) is 420 Å². The number of ether oxygens (including phenoxy) is 4. The van der Waals surface area contributed by atoms with Crippen molar-refractivity contribution in [3.05, 3.63) is 0 Å². The summed E-state index contributed by atoms with van der Waals surface area (Å²) in [4.78, 5) is 72.8. The second-order valence-corrected chi connectivity index (χ2v) is 32.7. The Morgan fingerprint density at radius 2 is 0.465 bits per heavy atom. The van der Waals surface area contributed by atoms with Gasteiger partial charge in [-0.25, -0.2) is 9.13 Å². The highest BCUT2D eigenvalue weighted by molar-refractivity contribution is 7.47. The first-order valence-corrected chi connectivity index (χ1v) is 44.5. The highest BCUT2D eigenvalue weighted by Crippen LogP contribution is 2.45. The largest absolute Gasteiger partial charge is 0.472 e. The van der Waals surface area contributed by atoms with Gasteiger partial charge < -0.3 is 33.8 Å². The van der Waals surface area contributed by atoms with E-state index < -0.39 is 97.5 Å². The van der Waals surface area contributed by atoms with Crippen LogP contribution in [0.2, 0.25) is 0 Å². The number of hydrogen-bond donors (Lipinski definition) is 3. The summed E-state index contributed by atoms with van der Waals surface area (Å²) >= 11 is 0. The van der Waals surface area contributed by atoms with Gasteiger partial charge in [0, 0.05) is 25.7 Å². The molecule has 0 aromatic carbocycles. The molecule has 0 aliphatic rings. The summed E-state index contributed by atoms with van der Waals surface area (Å²) < 4.78 is 68.5. The van der Waals surface area contributed by atoms with Crippen molar-refractivity contribution < 1.29 is 80.2 Å². The minimum atomic E-state index is -4.96. The number of aliphatic hydroxyl groups is 1. The summed E-state index contributed by atoms with van der Waals surface area (Å²) in [6.45, 7) is 9.65. The Morgan fingerprint density at radius 1 is 0.273 bits per heavy atom. The fourth-order valence-electron chi connectivity index (χ4n) is 12.4. The first kappa shape index (κ1) is 97.1. The summed E-state index contributed by atoms with van der Waals surface area (Å²) in [6.07, 6.45) is 61.3. The van der Waals surface area contributed by atoms with Gasteiger partial charge in [-0.05, 0) is 37.5 Å². The first-order chi connectivity index (χ1) is 47.9. The Labute approximate surface area is 607 Å². The van der Waals surface area contributed by atoms with Gasteiger partial charge in [-0.1, -0.05) is 369 Å². The van der Waals surface area contributed by atoms with Gasteiger partial charge in [-0.2, -0.15) is 0 Å². The van der Waals surface area contributed by atoms with E-state index in [9.17, 15) is 43.2 Å². The lowest BCUT2D eigenvalue weighted by atomic mass is 10.0. The normalized spacial score (nSPS) is 13.9. The third-order valence-electron chi connectivity index (χ3n) is 18.7. The highest BCUT2D eigenvalue weighted by Gasteiger charge is 2.30. The number of unbranched alkanes of at least 4 members (excludes halogenated alkanes) is 49. The van der Waals surface area contributed by atoms with Crippen LogP contribution in [0.15, 0.2) is 0 Å². The summed E-state index contributed by atoms with van der Waals surface area (Å²) in [5, 5.41) is 10.6. The highest BCUT2D eigenvalue weighted by atomic mass is 31.2. The lowest BCUT2D eigenvalue weighted by Crippen LogP contribution is -2.30. The van der Waals surface area contributed by atoms with E-state index >= 15 is 0 Å². The summed E-state index contributed by atoms with van der Waals surface area (Å²) in [6, 6.07) is 0. The predicted octanol–water partition coefficient (Wildman–Crippen LogP) is 23.9. The van der Waals surface area contributed by atoms with Crippen LogP contribution >= 0.6 is 15.6 Å². The Morgan fingerprint density at radius 3 is 0.687 bits per heavy atom. The van der Waals surface area contributed by atoms with E-state index in [1.54, 1.807) is 0 Å². The van der Waals surface area contributed by atoms with Gasteiger partial charge in [0.25, 0.3) is 0 Å². The third kappa shape index (κ3) is 74.1. The number of phosphoric ester groups is 2. The van der Waals surface area contributed by atoms with Crippen molar-refractivity contribution in [2.24, 2.45) is 11.8 Å². The van der Waals surface area contributed by atoms with E-state index in [1.165, 1.54) is 225 Å². The van der Waals surface area contributed by atoms with Gasteiger partial charge in [0.2, 0.25) is 0 Å². The quantitative estimate of drug-likeness (QED) is 0.0222. The van der Waals surface area contributed by atoms with Gasteiger partial charge in [-0.3, -0.25) is 37.3 Å². The van der Waals surface area contributed by atoms with Crippen molar-refractivity contribution in [3.63, 3.8) is 0 Å². The van der Waals surface area contributed by atoms with Crippen molar-refractivity contribution in [2.45, 2.75) is 439 Å². The molecule has 0 spiro atoms. The summed E-state index contributed by atoms with van der Waals surface area (Å²) in [5.74, 6) is -0.481. The van der Waals surface area contributed by atoms with Crippen LogP contribution < -0.4 is 0 Å². The molecule has 0 amide bonds. The topological polar surface area (TPSA) is 237 Å². The van der Waals surface area contributed by atoms with Gasteiger partial charge in [0.15, 0.2) is 12.2 Å². The van der Waals surface area contributed by atoms with E-state index in [-0.39, 0.29) is 25.7 Å². The van der Waals surface area contributed by atoms with Gasteiger partial charge in [-0.15, -0.1) is 0 Å². The molecule has 17 nitrogen and oxygen atoms in total. The molecule has 5 atom stereocenters. The molecule has 0 fully saturated rings. The van der Waals surface area contributed by atoms with E-state index in [4.69, 9.17) is 37.0 Å². The standard InChI is InChI=1S/C80H156O17P2/c1-7-9-11-13-15-16-17-34-40-46-52-58-64-79(84)96-75(68-90-77(82)62-56-50-42-14-12-10-8-2)70-94-98(86,87)92-66-74(81)67-93-99(88,89)95-71-76(69-91-78(83)63-57-51-45-39-35-30-26-23-22-25-29-33-38-44-49-55-61-73(5)6)97-80(85)65-59-53-47-41-36-31-27-21-19-18-20-24-28-32-37-43-48-54-60-72(3)4/h72-76,81H,7-71H2,1-6H3,(H,86,87)(H,88,89)/t74-,75+,76+/m0/s1. The lowest BCUT2D eigenvalue weighted by Gasteiger charge is -2.21. The molecule has 3 N–H and O–H groups in total. The average molecular weight is 1450 g/mol. The molecule has 0 radical (unpaired) electrons. The molecular formula is C80H156O17P2. The third-order valence-corrected chi connectivity index (χ3v) is 20.6. The molecule has 588 valence electrons. The molecule has 2 unspecified atom stereocenters. The molecule has 0 aromatic heterocycles. The molecule has 19 heteroatoms. The maximum atomic E-state index is 13.1. The summed E-state index contributed by atoms with van der Waals surface area (Å²) in [5.41, 5.74) is 0. The molecular weight excluding hydrogens is 1290 g/mol. The van der Waals surface area contributed by atoms with E-state index in [1.807, 2.05) is 0 Å². The maximum Gasteiger partial charge on any atom is 0.472 e. The fraction of sp³-hybridized carbons (Fsp3) is 0.950. The molecule has 0 aliphatic carbocycles.